The molecule has 5 nitrogen and oxygen atoms in total. The van der Waals surface area contributed by atoms with Crippen LogP contribution in [-0.4, -0.2) is 20.6 Å². The Hall–Kier alpha value is -2.40. The number of H-pyrrole nitrogens is 1. The number of nitrogens with two attached hydrogens (primary N) is 1. The number of nitrogens with zero attached hydrogens (tertiary/aromatic N) is 2. The Bertz CT molecular complexity index is 802. The zero-order valence-electron chi connectivity index (χ0n) is 13.1. The second kappa shape index (κ2) is 5.42. The first-order chi connectivity index (χ1) is 10.4. The van der Waals surface area contributed by atoms with Gasteiger partial charge in [-0.05, 0) is 38.5 Å². The molecule has 0 aliphatic heterocycles. The summed E-state index contributed by atoms with van der Waals surface area (Å²) in [6.07, 6.45) is 7.21. The lowest BCUT2D eigenvalue weighted by Crippen LogP contribution is -2.18. The fraction of sp³-hybridized carbons (Fsp3) is 0.294. The van der Waals surface area contributed by atoms with Crippen molar-refractivity contribution in [3.8, 4) is 11.1 Å². The zero-order chi connectivity index (χ0) is 15.7. The summed E-state index contributed by atoms with van der Waals surface area (Å²) in [5.74, 6) is 0. The summed E-state index contributed by atoms with van der Waals surface area (Å²) in [5, 5.41) is 1.04. The highest BCUT2D eigenvalue weighted by Crippen LogP contribution is 2.29. The summed E-state index contributed by atoms with van der Waals surface area (Å²) < 4.78 is 5.82. The van der Waals surface area contributed by atoms with Crippen molar-refractivity contribution in [3.63, 3.8) is 0 Å². The largest absolute Gasteiger partial charge is 0.397 e. The standard InChI is InChI=1S/C17H20N4O/c1-17(2,3)22-10-11-4-14-15(9-21-16(14)20-6-11)12-5-13(18)8-19-7-12/h4-9H,10,18H2,1-3H3,(H,20,21). The van der Waals surface area contributed by atoms with Crippen molar-refractivity contribution < 1.29 is 4.74 Å². The molecule has 3 aromatic rings. The minimum absolute atomic E-state index is 0.173. The van der Waals surface area contributed by atoms with Gasteiger partial charge in [0.2, 0.25) is 0 Å². The van der Waals surface area contributed by atoms with Crippen LogP contribution in [0.3, 0.4) is 0 Å². The van der Waals surface area contributed by atoms with E-state index in [1.807, 2.05) is 39.2 Å². The van der Waals surface area contributed by atoms with E-state index in [1.165, 1.54) is 0 Å². The van der Waals surface area contributed by atoms with Crippen LogP contribution in [0.2, 0.25) is 0 Å². The minimum Gasteiger partial charge on any atom is -0.397 e. The highest BCUT2D eigenvalue weighted by Gasteiger charge is 2.12. The molecule has 5 heteroatoms. The topological polar surface area (TPSA) is 76.8 Å². The van der Waals surface area contributed by atoms with Crippen molar-refractivity contribution in [1.82, 2.24) is 15.0 Å². The molecule has 0 fully saturated rings. The normalized spacial score (nSPS) is 12.0. The zero-order valence-corrected chi connectivity index (χ0v) is 13.1. The number of nitrogens with one attached hydrogen (secondary N) is 1. The molecule has 0 radical (unpaired) electrons. The molecule has 0 bridgehead atoms. The number of hydrogen-bond donors (Lipinski definition) is 2. The Morgan fingerprint density at radius 3 is 2.73 bits per heavy atom. The van der Waals surface area contributed by atoms with Gasteiger partial charge in [0.25, 0.3) is 0 Å². The summed E-state index contributed by atoms with van der Waals surface area (Å²) in [7, 11) is 0. The number of nitrogen functional groups attached to an aromatic ring is 1. The lowest BCUT2D eigenvalue weighted by molar-refractivity contribution is -0.0150. The van der Waals surface area contributed by atoms with E-state index in [0.717, 1.165) is 27.7 Å². The summed E-state index contributed by atoms with van der Waals surface area (Å²) in [6.45, 7) is 6.66. The molecule has 0 atom stereocenters. The Balaban J connectivity index is 1.98. The van der Waals surface area contributed by atoms with Gasteiger partial charge in [-0.3, -0.25) is 4.98 Å². The highest BCUT2D eigenvalue weighted by atomic mass is 16.5. The summed E-state index contributed by atoms with van der Waals surface area (Å²) in [4.78, 5) is 11.8. The van der Waals surface area contributed by atoms with Crippen LogP contribution in [0.15, 0.2) is 36.9 Å². The van der Waals surface area contributed by atoms with Gasteiger partial charge in [0.05, 0.1) is 17.9 Å². The molecule has 0 aromatic carbocycles. The molecular formula is C17H20N4O. The molecule has 0 aliphatic carbocycles. The molecule has 0 spiro atoms. The van der Waals surface area contributed by atoms with E-state index in [4.69, 9.17) is 10.5 Å². The van der Waals surface area contributed by atoms with E-state index in [9.17, 15) is 0 Å². The monoisotopic (exact) mass is 296 g/mol. The number of rotatable bonds is 3. The maximum Gasteiger partial charge on any atom is 0.137 e. The minimum atomic E-state index is -0.173. The van der Waals surface area contributed by atoms with Gasteiger partial charge in [0.15, 0.2) is 0 Å². The van der Waals surface area contributed by atoms with Gasteiger partial charge < -0.3 is 15.5 Å². The quantitative estimate of drug-likeness (QED) is 0.775. The van der Waals surface area contributed by atoms with Gasteiger partial charge in [-0.15, -0.1) is 0 Å². The van der Waals surface area contributed by atoms with Gasteiger partial charge in [0.1, 0.15) is 5.65 Å². The van der Waals surface area contributed by atoms with Crippen molar-refractivity contribution in [2.75, 3.05) is 5.73 Å². The van der Waals surface area contributed by atoms with Crippen LogP contribution >= 0.6 is 0 Å². The third kappa shape index (κ3) is 3.09. The van der Waals surface area contributed by atoms with Crippen molar-refractivity contribution in [1.29, 1.82) is 0 Å². The second-order valence-electron chi connectivity index (χ2n) is 6.35. The molecule has 3 rings (SSSR count). The predicted molar refractivity (Wildman–Crippen MR) is 88.3 cm³/mol. The van der Waals surface area contributed by atoms with E-state index in [2.05, 4.69) is 21.0 Å². The van der Waals surface area contributed by atoms with Crippen LogP contribution in [0, 0.1) is 0 Å². The molecule has 0 saturated heterocycles. The van der Waals surface area contributed by atoms with E-state index in [1.54, 1.807) is 12.4 Å². The average molecular weight is 296 g/mol. The first-order valence-electron chi connectivity index (χ1n) is 7.23. The Morgan fingerprint density at radius 1 is 1.18 bits per heavy atom. The van der Waals surface area contributed by atoms with Crippen molar-refractivity contribution >= 4 is 16.7 Å². The molecule has 0 amide bonds. The number of ether oxygens (including phenoxy) is 1. The Morgan fingerprint density at radius 2 is 2.00 bits per heavy atom. The van der Waals surface area contributed by atoms with E-state index in [0.29, 0.717) is 12.3 Å². The van der Waals surface area contributed by atoms with Gasteiger partial charge in [-0.1, -0.05) is 0 Å². The SMILES string of the molecule is CC(C)(C)OCc1cnc2[nH]cc(-c3cncc(N)c3)c2c1. The molecule has 114 valence electrons. The van der Waals surface area contributed by atoms with Gasteiger partial charge >= 0.3 is 0 Å². The van der Waals surface area contributed by atoms with E-state index < -0.39 is 0 Å². The highest BCUT2D eigenvalue weighted by molar-refractivity contribution is 5.94. The molecule has 0 aliphatic rings. The third-order valence-corrected chi connectivity index (χ3v) is 3.33. The lowest BCUT2D eigenvalue weighted by Gasteiger charge is -2.19. The van der Waals surface area contributed by atoms with Gasteiger partial charge in [-0.2, -0.15) is 0 Å². The third-order valence-electron chi connectivity index (χ3n) is 3.33. The number of aromatic amines is 1. The summed E-state index contributed by atoms with van der Waals surface area (Å²) >= 11 is 0. The number of aromatic nitrogens is 3. The maximum absolute atomic E-state index is 5.83. The second-order valence-corrected chi connectivity index (χ2v) is 6.35. The molecule has 3 heterocycles. The lowest BCUT2D eigenvalue weighted by atomic mass is 10.1. The van der Waals surface area contributed by atoms with Gasteiger partial charge in [0, 0.05) is 41.3 Å². The average Bonchev–Trinajstić information content (AvgIpc) is 2.87. The van der Waals surface area contributed by atoms with E-state index in [-0.39, 0.29) is 5.60 Å². The van der Waals surface area contributed by atoms with Crippen molar-refractivity contribution in [3.05, 3.63) is 42.5 Å². The predicted octanol–water partition coefficient (Wildman–Crippen LogP) is 3.52. The van der Waals surface area contributed by atoms with Crippen molar-refractivity contribution in [2.24, 2.45) is 0 Å². The van der Waals surface area contributed by atoms with E-state index >= 15 is 0 Å². The maximum atomic E-state index is 5.83. The fourth-order valence-electron chi connectivity index (χ4n) is 2.27. The molecular weight excluding hydrogens is 276 g/mol. The van der Waals surface area contributed by atoms with Crippen LogP contribution in [0.5, 0.6) is 0 Å². The Kier molecular flexibility index (Phi) is 3.58. The summed E-state index contributed by atoms with van der Waals surface area (Å²) in [6, 6.07) is 4.01. The first kappa shape index (κ1) is 14.5. The van der Waals surface area contributed by atoms with Gasteiger partial charge in [-0.25, -0.2) is 4.98 Å². The molecule has 3 aromatic heterocycles. The number of pyridine rings is 2. The van der Waals surface area contributed by atoms with Crippen LogP contribution in [0.25, 0.3) is 22.2 Å². The van der Waals surface area contributed by atoms with Crippen LogP contribution < -0.4 is 5.73 Å². The molecule has 0 unspecified atom stereocenters. The molecule has 22 heavy (non-hydrogen) atoms. The fourth-order valence-corrected chi connectivity index (χ4v) is 2.27. The number of anilines is 1. The first-order valence-corrected chi connectivity index (χ1v) is 7.23. The molecule has 3 N–H and O–H groups in total. The Labute approximate surface area is 129 Å². The van der Waals surface area contributed by atoms with Crippen molar-refractivity contribution in [2.45, 2.75) is 33.0 Å². The smallest absolute Gasteiger partial charge is 0.137 e. The van der Waals surface area contributed by atoms with Crippen LogP contribution in [0.1, 0.15) is 26.3 Å². The van der Waals surface area contributed by atoms with Crippen LogP contribution in [-0.2, 0) is 11.3 Å². The van der Waals surface area contributed by atoms with Crippen LogP contribution in [0.4, 0.5) is 5.69 Å². The number of hydrogen-bond acceptors (Lipinski definition) is 4. The number of fused-ring (bicyclic) bond motifs is 1. The summed E-state index contributed by atoms with van der Waals surface area (Å²) in [5.41, 5.74) is 10.2. The molecule has 0 saturated carbocycles.